The molecule has 0 aromatic heterocycles. The van der Waals surface area contributed by atoms with Crippen molar-refractivity contribution in [3.05, 3.63) is 41.5 Å². The molecular weight excluding hydrogens is 294 g/mol. The second-order valence-electron chi connectivity index (χ2n) is 5.15. The smallest absolute Gasteiger partial charge is 0.168 e. The number of nitrogens with zero attached hydrogens (tertiary/aromatic N) is 1. The van der Waals surface area contributed by atoms with Gasteiger partial charge >= 0.3 is 0 Å². The maximum Gasteiger partial charge on any atom is 0.168 e. The summed E-state index contributed by atoms with van der Waals surface area (Å²) >= 11 is 0. The number of ether oxygens (including phenoxy) is 3. The average Bonchev–Trinajstić information content (AvgIpc) is 2.59. The summed E-state index contributed by atoms with van der Waals surface area (Å²) in [4.78, 5) is 0. The summed E-state index contributed by atoms with van der Waals surface area (Å²) in [7, 11) is 4.79. The SMILES string of the molecule is COc1ccc(C)cc1-c1cc(/C(C)=N/O)cc(OC)c1OC. The summed E-state index contributed by atoms with van der Waals surface area (Å²) in [6.45, 7) is 3.73. The molecule has 2 aromatic carbocycles. The molecule has 0 unspecified atom stereocenters. The maximum absolute atomic E-state index is 9.08. The summed E-state index contributed by atoms with van der Waals surface area (Å²) in [5, 5.41) is 12.3. The van der Waals surface area contributed by atoms with Gasteiger partial charge in [-0.25, -0.2) is 0 Å². The Morgan fingerprint density at radius 1 is 0.913 bits per heavy atom. The Balaban J connectivity index is 2.81. The van der Waals surface area contributed by atoms with E-state index in [-0.39, 0.29) is 0 Å². The molecule has 0 radical (unpaired) electrons. The van der Waals surface area contributed by atoms with Crippen molar-refractivity contribution in [1.82, 2.24) is 0 Å². The molecule has 0 aliphatic rings. The molecule has 0 atom stereocenters. The highest BCUT2D eigenvalue weighted by Crippen LogP contribution is 2.43. The molecular formula is C18H21NO4. The largest absolute Gasteiger partial charge is 0.496 e. The van der Waals surface area contributed by atoms with E-state index in [9.17, 15) is 0 Å². The molecule has 2 aromatic rings. The highest BCUT2D eigenvalue weighted by molar-refractivity contribution is 6.00. The summed E-state index contributed by atoms with van der Waals surface area (Å²) in [5.74, 6) is 1.89. The van der Waals surface area contributed by atoms with Crippen LogP contribution in [-0.2, 0) is 0 Å². The van der Waals surface area contributed by atoms with Crippen LogP contribution in [0.25, 0.3) is 11.1 Å². The van der Waals surface area contributed by atoms with E-state index in [0.29, 0.717) is 17.2 Å². The van der Waals surface area contributed by atoms with Gasteiger partial charge < -0.3 is 19.4 Å². The van der Waals surface area contributed by atoms with Crippen LogP contribution in [0.5, 0.6) is 17.2 Å². The van der Waals surface area contributed by atoms with Gasteiger partial charge in [-0.1, -0.05) is 16.8 Å². The van der Waals surface area contributed by atoms with Crippen molar-refractivity contribution in [2.75, 3.05) is 21.3 Å². The lowest BCUT2D eigenvalue weighted by Gasteiger charge is -2.17. The van der Waals surface area contributed by atoms with Crippen molar-refractivity contribution in [1.29, 1.82) is 0 Å². The van der Waals surface area contributed by atoms with Crippen molar-refractivity contribution >= 4 is 5.71 Å². The molecule has 122 valence electrons. The van der Waals surface area contributed by atoms with Crippen molar-refractivity contribution in [2.45, 2.75) is 13.8 Å². The third-order valence-corrected chi connectivity index (χ3v) is 3.69. The van der Waals surface area contributed by atoms with Gasteiger partial charge in [0.05, 0.1) is 27.0 Å². The quantitative estimate of drug-likeness (QED) is 0.516. The number of hydrogen-bond acceptors (Lipinski definition) is 5. The number of rotatable bonds is 5. The molecule has 0 aliphatic heterocycles. The number of aryl methyl sites for hydroxylation is 1. The Bertz CT molecular complexity index is 738. The first-order valence-electron chi connectivity index (χ1n) is 7.15. The van der Waals surface area contributed by atoms with Crippen LogP contribution in [0, 0.1) is 6.92 Å². The molecule has 0 saturated heterocycles. The van der Waals surface area contributed by atoms with Crippen molar-refractivity contribution in [3.63, 3.8) is 0 Å². The van der Waals surface area contributed by atoms with Crippen LogP contribution < -0.4 is 14.2 Å². The molecule has 0 bridgehead atoms. The monoisotopic (exact) mass is 315 g/mol. The number of hydrogen-bond donors (Lipinski definition) is 1. The Labute approximate surface area is 136 Å². The van der Waals surface area contributed by atoms with Crippen LogP contribution in [-0.4, -0.2) is 32.2 Å². The number of oxime groups is 1. The predicted octanol–water partition coefficient (Wildman–Crippen LogP) is 3.89. The number of methoxy groups -OCH3 is 3. The third-order valence-electron chi connectivity index (χ3n) is 3.69. The molecule has 23 heavy (non-hydrogen) atoms. The lowest BCUT2D eigenvalue weighted by atomic mass is 9.97. The number of benzene rings is 2. The van der Waals surface area contributed by atoms with Crippen LogP contribution in [0.15, 0.2) is 35.5 Å². The second-order valence-corrected chi connectivity index (χ2v) is 5.15. The Morgan fingerprint density at radius 2 is 1.61 bits per heavy atom. The lowest BCUT2D eigenvalue weighted by molar-refractivity contribution is 0.319. The molecule has 0 saturated carbocycles. The third kappa shape index (κ3) is 3.23. The lowest BCUT2D eigenvalue weighted by Crippen LogP contribution is -2.01. The van der Waals surface area contributed by atoms with E-state index in [4.69, 9.17) is 19.4 Å². The minimum Gasteiger partial charge on any atom is -0.496 e. The molecule has 0 heterocycles. The summed E-state index contributed by atoms with van der Waals surface area (Å²) < 4.78 is 16.5. The van der Waals surface area contributed by atoms with Gasteiger partial charge in [0, 0.05) is 16.7 Å². The molecule has 5 heteroatoms. The molecule has 5 nitrogen and oxygen atoms in total. The zero-order valence-corrected chi connectivity index (χ0v) is 14.0. The fourth-order valence-electron chi connectivity index (χ4n) is 2.46. The summed E-state index contributed by atoms with van der Waals surface area (Å²) in [5.41, 5.74) is 4.02. The minimum atomic E-state index is 0.485. The van der Waals surface area contributed by atoms with Crippen LogP contribution in [0.3, 0.4) is 0 Å². The topological polar surface area (TPSA) is 60.3 Å². The predicted molar refractivity (Wildman–Crippen MR) is 90.3 cm³/mol. The highest BCUT2D eigenvalue weighted by Gasteiger charge is 2.18. The normalized spacial score (nSPS) is 11.3. The van der Waals surface area contributed by atoms with E-state index < -0.39 is 0 Å². The summed E-state index contributed by atoms with van der Waals surface area (Å²) in [6, 6.07) is 9.59. The first-order valence-corrected chi connectivity index (χ1v) is 7.15. The Morgan fingerprint density at radius 3 is 2.17 bits per heavy atom. The minimum absolute atomic E-state index is 0.485. The first-order chi connectivity index (χ1) is 11.0. The van der Waals surface area contributed by atoms with E-state index in [1.165, 1.54) is 0 Å². The van der Waals surface area contributed by atoms with E-state index >= 15 is 0 Å². The Hall–Kier alpha value is -2.69. The molecule has 2 rings (SSSR count). The van der Waals surface area contributed by atoms with Gasteiger partial charge in [-0.05, 0) is 38.1 Å². The van der Waals surface area contributed by atoms with Crippen LogP contribution >= 0.6 is 0 Å². The standard InChI is InChI=1S/C18H21NO4/c1-11-6-7-16(21-3)14(8-11)15-9-13(12(2)19-20)10-17(22-4)18(15)23-5/h6-10,20H,1-5H3/b19-12+. The molecule has 1 N–H and O–H groups in total. The van der Waals surface area contributed by atoms with Crippen LogP contribution in [0.2, 0.25) is 0 Å². The van der Waals surface area contributed by atoms with Gasteiger partial charge in [0.25, 0.3) is 0 Å². The average molecular weight is 315 g/mol. The fraction of sp³-hybridized carbons (Fsp3) is 0.278. The Kier molecular flexibility index (Phi) is 5.11. The van der Waals surface area contributed by atoms with E-state index in [1.807, 2.05) is 31.2 Å². The van der Waals surface area contributed by atoms with E-state index in [0.717, 1.165) is 28.0 Å². The van der Waals surface area contributed by atoms with Gasteiger partial charge in [-0.2, -0.15) is 0 Å². The van der Waals surface area contributed by atoms with Gasteiger partial charge in [0.1, 0.15) is 5.75 Å². The molecule has 0 aliphatic carbocycles. The van der Waals surface area contributed by atoms with Gasteiger partial charge in [0.15, 0.2) is 11.5 Å². The van der Waals surface area contributed by atoms with Crippen LogP contribution in [0.4, 0.5) is 0 Å². The zero-order chi connectivity index (χ0) is 17.0. The van der Waals surface area contributed by atoms with Gasteiger partial charge in [-0.3, -0.25) is 0 Å². The highest BCUT2D eigenvalue weighted by atomic mass is 16.5. The molecule has 0 amide bonds. The van der Waals surface area contributed by atoms with E-state index in [1.54, 1.807) is 34.3 Å². The summed E-state index contributed by atoms with van der Waals surface area (Å²) in [6.07, 6.45) is 0. The fourth-order valence-corrected chi connectivity index (χ4v) is 2.46. The molecule has 0 spiro atoms. The van der Waals surface area contributed by atoms with Gasteiger partial charge in [-0.15, -0.1) is 0 Å². The van der Waals surface area contributed by atoms with E-state index in [2.05, 4.69) is 5.16 Å². The first kappa shape index (κ1) is 16.7. The van der Waals surface area contributed by atoms with Crippen molar-refractivity contribution in [3.8, 4) is 28.4 Å². The van der Waals surface area contributed by atoms with Gasteiger partial charge in [0.2, 0.25) is 0 Å². The zero-order valence-electron chi connectivity index (χ0n) is 14.0. The maximum atomic E-state index is 9.08. The van der Waals surface area contributed by atoms with Crippen molar-refractivity contribution in [2.24, 2.45) is 5.16 Å². The molecule has 0 fully saturated rings. The van der Waals surface area contributed by atoms with Crippen molar-refractivity contribution < 1.29 is 19.4 Å². The van der Waals surface area contributed by atoms with Crippen LogP contribution in [0.1, 0.15) is 18.1 Å². The second kappa shape index (κ2) is 7.05.